The van der Waals surface area contributed by atoms with Crippen molar-refractivity contribution in [1.82, 2.24) is 5.32 Å². The van der Waals surface area contributed by atoms with Crippen molar-refractivity contribution in [2.24, 2.45) is 0 Å². The fraction of sp³-hybridized carbons (Fsp3) is 0.316. The van der Waals surface area contributed by atoms with Crippen LogP contribution in [0.4, 0.5) is 0 Å². The minimum atomic E-state index is -0.147. The molecule has 1 amide bonds. The molecule has 0 aliphatic rings. The van der Waals surface area contributed by atoms with E-state index in [1.807, 2.05) is 55.5 Å². The molecular weight excluding hydrogens is 290 g/mol. The molecule has 0 atom stereocenters. The van der Waals surface area contributed by atoms with Crippen LogP contribution < -0.4 is 14.8 Å². The first-order valence-electron chi connectivity index (χ1n) is 7.91. The topological polar surface area (TPSA) is 47.6 Å². The second kappa shape index (κ2) is 8.83. The van der Waals surface area contributed by atoms with Crippen LogP contribution in [0, 0.1) is 0 Å². The molecule has 1 N–H and O–H groups in total. The normalized spacial score (nSPS) is 10.2. The van der Waals surface area contributed by atoms with E-state index in [2.05, 4.69) is 12.2 Å². The Hall–Kier alpha value is -2.49. The smallest absolute Gasteiger partial charge is 0.258 e. The van der Waals surface area contributed by atoms with Gasteiger partial charge in [0.1, 0.15) is 11.5 Å². The molecule has 0 saturated carbocycles. The average Bonchev–Trinajstić information content (AvgIpc) is 2.59. The molecule has 23 heavy (non-hydrogen) atoms. The molecule has 4 nitrogen and oxygen atoms in total. The van der Waals surface area contributed by atoms with Crippen molar-refractivity contribution in [1.29, 1.82) is 0 Å². The van der Waals surface area contributed by atoms with E-state index in [4.69, 9.17) is 9.47 Å². The van der Waals surface area contributed by atoms with Crippen LogP contribution in [0.3, 0.4) is 0 Å². The summed E-state index contributed by atoms with van der Waals surface area (Å²) in [6.07, 6.45) is 0.988. The first-order chi connectivity index (χ1) is 11.2. The summed E-state index contributed by atoms with van der Waals surface area (Å²) in [7, 11) is 0. The van der Waals surface area contributed by atoms with Crippen LogP contribution in [0.1, 0.15) is 25.0 Å². The number of carbonyl (C=O) groups is 1. The summed E-state index contributed by atoms with van der Waals surface area (Å²) in [6, 6.07) is 15.5. The van der Waals surface area contributed by atoms with Gasteiger partial charge in [-0.3, -0.25) is 4.79 Å². The summed E-state index contributed by atoms with van der Waals surface area (Å²) < 4.78 is 10.9. The Morgan fingerprint density at radius 3 is 2.43 bits per heavy atom. The van der Waals surface area contributed by atoms with Gasteiger partial charge in [0, 0.05) is 6.54 Å². The number of hydrogen-bond acceptors (Lipinski definition) is 3. The molecule has 2 aromatic rings. The zero-order valence-electron chi connectivity index (χ0n) is 13.7. The van der Waals surface area contributed by atoms with Crippen molar-refractivity contribution in [3.05, 3.63) is 59.7 Å². The van der Waals surface area contributed by atoms with Crippen LogP contribution in [-0.2, 0) is 17.8 Å². The molecule has 0 radical (unpaired) electrons. The second-order valence-corrected chi connectivity index (χ2v) is 5.14. The third-order valence-electron chi connectivity index (χ3n) is 3.40. The van der Waals surface area contributed by atoms with Crippen LogP contribution >= 0.6 is 0 Å². The van der Waals surface area contributed by atoms with E-state index in [9.17, 15) is 4.79 Å². The highest BCUT2D eigenvalue weighted by Gasteiger charge is 2.04. The fourth-order valence-corrected chi connectivity index (χ4v) is 2.13. The van der Waals surface area contributed by atoms with Crippen molar-refractivity contribution in [2.75, 3.05) is 13.2 Å². The first kappa shape index (κ1) is 16.9. The number of hydrogen-bond donors (Lipinski definition) is 1. The Balaban J connectivity index is 1.77. The molecule has 2 rings (SSSR count). The lowest BCUT2D eigenvalue weighted by Gasteiger charge is -2.09. The predicted molar refractivity (Wildman–Crippen MR) is 90.8 cm³/mol. The summed E-state index contributed by atoms with van der Waals surface area (Å²) in [6.45, 7) is 5.14. The molecule has 0 unspecified atom stereocenters. The molecule has 0 aliphatic heterocycles. The molecule has 0 fully saturated rings. The number of amides is 1. The van der Waals surface area contributed by atoms with E-state index in [1.54, 1.807) is 0 Å². The molecule has 4 heteroatoms. The zero-order chi connectivity index (χ0) is 16.5. The number of benzene rings is 2. The van der Waals surface area contributed by atoms with E-state index in [1.165, 1.54) is 5.56 Å². The Bertz CT molecular complexity index is 623. The predicted octanol–water partition coefficient (Wildman–Crippen LogP) is 3.34. The second-order valence-electron chi connectivity index (χ2n) is 5.14. The Kier molecular flexibility index (Phi) is 6.48. The fourth-order valence-electron chi connectivity index (χ4n) is 2.13. The highest BCUT2D eigenvalue weighted by molar-refractivity contribution is 5.77. The molecule has 0 heterocycles. The van der Waals surface area contributed by atoms with Gasteiger partial charge < -0.3 is 14.8 Å². The monoisotopic (exact) mass is 313 g/mol. The van der Waals surface area contributed by atoms with Gasteiger partial charge in [0.25, 0.3) is 5.91 Å². The molecule has 0 aliphatic carbocycles. The number of rotatable bonds is 8. The van der Waals surface area contributed by atoms with E-state index >= 15 is 0 Å². The van der Waals surface area contributed by atoms with Gasteiger partial charge in [-0.2, -0.15) is 0 Å². The third kappa shape index (κ3) is 5.66. The molecule has 0 spiro atoms. The molecular formula is C19H23NO3. The van der Waals surface area contributed by atoms with Crippen molar-refractivity contribution in [3.8, 4) is 11.5 Å². The maximum absolute atomic E-state index is 11.9. The number of ether oxygens (including phenoxy) is 2. The minimum Gasteiger partial charge on any atom is -0.494 e. The van der Waals surface area contributed by atoms with E-state index in [-0.39, 0.29) is 12.5 Å². The van der Waals surface area contributed by atoms with Gasteiger partial charge >= 0.3 is 0 Å². The summed E-state index contributed by atoms with van der Waals surface area (Å²) in [5.74, 6) is 1.37. The summed E-state index contributed by atoms with van der Waals surface area (Å²) >= 11 is 0. The van der Waals surface area contributed by atoms with Crippen molar-refractivity contribution >= 4 is 5.91 Å². The van der Waals surface area contributed by atoms with Crippen LogP contribution in [0.15, 0.2) is 48.5 Å². The molecule has 0 aromatic heterocycles. The highest BCUT2D eigenvalue weighted by Crippen LogP contribution is 2.14. The van der Waals surface area contributed by atoms with Gasteiger partial charge in [0.05, 0.1) is 6.61 Å². The summed E-state index contributed by atoms with van der Waals surface area (Å²) in [4.78, 5) is 11.9. The zero-order valence-corrected chi connectivity index (χ0v) is 13.7. The van der Waals surface area contributed by atoms with Gasteiger partial charge in [0.15, 0.2) is 6.61 Å². The van der Waals surface area contributed by atoms with Crippen molar-refractivity contribution in [3.63, 3.8) is 0 Å². The Morgan fingerprint density at radius 1 is 0.957 bits per heavy atom. The molecule has 122 valence electrons. The Morgan fingerprint density at radius 2 is 1.74 bits per heavy atom. The standard InChI is InChI=1S/C19H23NO3/c1-3-15-8-10-17(11-9-15)23-14-19(21)20-13-16-6-5-7-18(12-16)22-4-2/h5-12H,3-4,13-14H2,1-2H3,(H,20,21). The van der Waals surface area contributed by atoms with Gasteiger partial charge in [-0.15, -0.1) is 0 Å². The lowest BCUT2D eigenvalue weighted by molar-refractivity contribution is -0.123. The maximum atomic E-state index is 11.9. The largest absolute Gasteiger partial charge is 0.494 e. The van der Waals surface area contributed by atoms with Crippen LogP contribution in [0.2, 0.25) is 0 Å². The van der Waals surface area contributed by atoms with Gasteiger partial charge in [-0.1, -0.05) is 31.2 Å². The van der Waals surface area contributed by atoms with Crippen molar-refractivity contribution in [2.45, 2.75) is 26.8 Å². The van der Waals surface area contributed by atoms with E-state index in [0.29, 0.717) is 18.9 Å². The maximum Gasteiger partial charge on any atom is 0.258 e. The van der Waals surface area contributed by atoms with Gasteiger partial charge in [-0.25, -0.2) is 0 Å². The first-order valence-corrected chi connectivity index (χ1v) is 7.91. The molecule has 0 bridgehead atoms. The third-order valence-corrected chi connectivity index (χ3v) is 3.40. The minimum absolute atomic E-state index is 0.0105. The number of carbonyl (C=O) groups excluding carboxylic acids is 1. The number of aryl methyl sites for hydroxylation is 1. The molecule has 0 saturated heterocycles. The van der Waals surface area contributed by atoms with Gasteiger partial charge in [-0.05, 0) is 48.7 Å². The SMILES string of the molecule is CCOc1cccc(CNC(=O)COc2ccc(CC)cc2)c1. The average molecular weight is 313 g/mol. The summed E-state index contributed by atoms with van der Waals surface area (Å²) in [5, 5.41) is 2.84. The van der Waals surface area contributed by atoms with Crippen LogP contribution in [0.25, 0.3) is 0 Å². The quantitative estimate of drug-likeness (QED) is 0.813. The lowest BCUT2D eigenvalue weighted by atomic mass is 10.2. The lowest BCUT2D eigenvalue weighted by Crippen LogP contribution is -2.28. The number of nitrogens with one attached hydrogen (secondary N) is 1. The highest BCUT2D eigenvalue weighted by atomic mass is 16.5. The van der Waals surface area contributed by atoms with Crippen molar-refractivity contribution < 1.29 is 14.3 Å². The Labute approximate surface area is 137 Å². The van der Waals surface area contributed by atoms with Gasteiger partial charge in [0.2, 0.25) is 0 Å². The summed E-state index contributed by atoms with van der Waals surface area (Å²) in [5.41, 5.74) is 2.24. The van der Waals surface area contributed by atoms with Crippen LogP contribution in [-0.4, -0.2) is 19.1 Å². The molecule has 2 aromatic carbocycles. The van der Waals surface area contributed by atoms with E-state index < -0.39 is 0 Å². The van der Waals surface area contributed by atoms with E-state index in [0.717, 1.165) is 17.7 Å². The van der Waals surface area contributed by atoms with Crippen LogP contribution in [0.5, 0.6) is 11.5 Å².